The van der Waals surface area contributed by atoms with Gasteiger partial charge in [-0.1, -0.05) is 49.2 Å². The lowest BCUT2D eigenvalue weighted by atomic mass is 10.0. The average Bonchev–Trinajstić information content (AvgIpc) is 2.19. The highest BCUT2D eigenvalue weighted by Crippen LogP contribution is 2.14. The van der Waals surface area contributed by atoms with Crippen LogP contribution in [-0.2, 0) is 4.79 Å². The van der Waals surface area contributed by atoms with Gasteiger partial charge in [-0.3, -0.25) is 4.79 Å². The Morgan fingerprint density at radius 2 is 2.21 bits per heavy atom. The summed E-state index contributed by atoms with van der Waals surface area (Å²) in [5.74, 6) is 0. The standard InChI is InChI=1S/C13H16O/c1-3-4-7-13(10-14)12-8-5-6-11(2)9-12/h5-10H,3-4H2,1-2H3/b13-7+. The molecule has 1 aromatic carbocycles. The molecule has 1 nitrogen and oxygen atoms in total. The lowest BCUT2D eigenvalue weighted by Crippen LogP contribution is -1.86. The summed E-state index contributed by atoms with van der Waals surface area (Å²) in [5.41, 5.74) is 3.01. The molecule has 0 saturated heterocycles. The van der Waals surface area contributed by atoms with Gasteiger partial charge in [0.25, 0.3) is 0 Å². The van der Waals surface area contributed by atoms with E-state index >= 15 is 0 Å². The van der Waals surface area contributed by atoms with Gasteiger partial charge in [0.2, 0.25) is 0 Å². The Labute approximate surface area is 85.5 Å². The Hall–Kier alpha value is -1.37. The molecular weight excluding hydrogens is 172 g/mol. The zero-order valence-corrected chi connectivity index (χ0v) is 8.79. The van der Waals surface area contributed by atoms with E-state index in [1.165, 1.54) is 5.56 Å². The van der Waals surface area contributed by atoms with Crippen molar-refractivity contribution in [3.63, 3.8) is 0 Å². The van der Waals surface area contributed by atoms with Crippen LogP contribution in [0.3, 0.4) is 0 Å². The van der Waals surface area contributed by atoms with Crippen molar-refractivity contribution in [1.82, 2.24) is 0 Å². The zero-order chi connectivity index (χ0) is 10.4. The molecule has 0 radical (unpaired) electrons. The molecule has 0 heterocycles. The van der Waals surface area contributed by atoms with Crippen LogP contribution in [0.2, 0.25) is 0 Å². The van der Waals surface area contributed by atoms with E-state index in [0.29, 0.717) is 0 Å². The number of carbonyl (C=O) groups excluding carboxylic acids is 1. The van der Waals surface area contributed by atoms with Gasteiger partial charge < -0.3 is 0 Å². The molecule has 0 aliphatic carbocycles. The van der Waals surface area contributed by atoms with E-state index in [4.69, 9.17) is 0 Å². The second-order valence-electron chi connectivity index (χ2n) is 3.44. The quantitative estimate of drug-likeness (QED) is 0.523. The summed E-state index contributed by atoms with van der Waals surface area (Å²) in [4.78, 5) is 10.9. The predicted molar refractivity (Wildman–Crippen MR) is 60.1 cm³/mol. The minimum atomic E-state index is 0.801. The molecule has 0 unspecified atom stereocenters. The molecule has 0 atom stereocenters. The van der Waals surface area contributed by atoms with Crippen LogP contribution in [0.25, 0.3) is 5.57 Å². The highest BCUT2D eigenvalue weighted by atomic mass is 16.1. The first-order chi connectivity index (χ1) is 6.77. The van der Waals surface area contributed by atoms with Gasteiger partial charge in [-0.25, -0.2) is 0 Å². The molecule has 0 bridgehead atoms. The van der Waals surface area contributed by atoms with Crippen molar-refractivity contribution in [3.8, 4) is 0 Å². The largest absolute Gasteiger partial charge is 0.298 e. The normalized spacial score (nSPS) is 11.4. The monoisotopic (exact) mass is 188 g/mol. The van der Waals surface area contributed by atoms with E-state index in [1.807, 2.05) is 37.3 Å². The lowest BCUT2D eigenvalue weighted by molar-refractivity contribution is -0.103. The topological polar surface area (TPSA) is 17.1 Å². The summed E-state index contributed by atoms with van der Waals surface area (Å²) >= 11 is 0. The Balaban J connectivity index is 2.94. The van der Waals surface area contributed by atoms with Gasteiger partial charge in [-0.05, 0) is 18.9 Å². The predicted octanol–water partition coefficient (Wildman–Crippen LogP) is 3.38. The van der Waals surface area contributed by atoms with Crippen LogP contribution in [0.1, 0.15) is 30.9 Å². The van der Waals surface area contributed by atoms with Crippen LogP contribution < -0.4 is 0 Å². The fraction of sp³-hybridized carbons (Fsp3) is 0.308. The van der Waals surface area contributed by atoms with Crippen molar-refractivity contribution >= 4 is 11.9 Å². The third-order valence-electron chi connectivity index (χ3n) is 2.13. The van der Waals surface area contributed by atoms with Crippen molar-refractivity contribution in [2.75, 3.05) is 0 Å². The summed E-state index contributed by atoms with van der Waals surface area (Å²) in [6.07, 6.45) is 4.97. The van der Waals surface area contributed by atoms with Gasteiger partial charge >= 0.3 is 0 Å². The van der Waals surface area contributed by atoms with Gasteiger partial charge in [0, 0.05) is 5.57 Å². The molecule has 0 spiro atoms. The van der Waals surface area contributed by atoms with E-state index in [1.54, 1.807) is 0 Å². The van der Waals surface area contributed by atoms with Crippen molar-refractivity contribution in [1.29, 1.82) is 0 Å². The molecule has 1 rings (SSSR count). The Morgan fingerprint density at radius 3 is 2.79 bits per heavy atom. The number of rotatable bonds is 4. The average molecular weight is 188 g/mol. The SMILES string of the molecule is CCC/C=C(\C=O)c1cccc(C)c1. The first-order valence-corrected chi connectivity index (χ1v) is 5.00. The second-order valence-corrected chi connectivity index (χ2v) is 3.44. The minimum absolute atomic E-state index is 0.801. The molecule has 0 fully saturated rings. The van der Waals surface area contributed by atoms with Crippen LogP contribution in [0.5, 0.6) is 0 Å². The number of benzene rings is 1. The highest BCUT2D eigenvalue weighted by molar-refractivity contribution is 6.06. The van der Waals surface area contributed by atoms with E-state index in [9.17, 15) is 4.79 Å². The van der Waals surface area contributed by atoms with Crippen LogP contribution in [0, 0.1) is 6.92 Å². The molecule has 0 N–H and O–H groups in total. The molecule has 0 aromatic heterocycles. The number of hydrogen-bond donors (Lipinski definition) is 0. The Morgan fingerprint density at radius 1 is 1.43 bits per heavy atom. The maximum Gasteiger partial charge on any atom is 0.150 e. The minimum Gasteiger partial charge on any atom is -0.298 e. The molecule has 74 valence electrons. The number of aldehydes is 1. The number of hydrogen-bond acceptors (Lipinski definition) is 1. The maximum absolute atomic E-state index is 10.9. The highest BCUT2D eigenvalue weighted by Gasteiger charge is 1.98. The van der Waals surface area contributed by atoms with Gasteiger partial charge in [-0.15, -0.1) is 0 Å². The van der Waals surface area contributed by atoms with E-state index in [0.717, 1.165) is 30.3 Å². The van der Waals surface area contributed by atoms with Crippen LogP contribution in [0.4, 0.5) is 0 Å². The summed E-state index contributed by atoms with van der Waals surface area (Å²) in [7, 11) is 0. The van der Waals surface area contributed by atoms with Crippen molar-refractivity contribution in [3.05, 3.63) is 41.5 Å². The molecular formula is C13H16O. The van der Waals surface area contributed by atoms with Gasteiger partial charge in [-0.2, -0.15) is 0 Å². The lowest BCUT2D eigenvalue weighted by Gasteiger charge is -2.01. The molecule has 14 heavy (non-hydrogen) atoms. The second kappa shape index (κ2) is 5.38. The Kier molecular flexibility index (Phi) is 4.11. The third-order valence-corrected chi connectivity index (χ3v) is 2.13. The molecule has 1 heteroatoms. The fourth-order valence-electron chi connectivity index (χ4n) is 1.36. The summed E-state index contributed by atoms with van der Waals surface area (Å²) in [6, 6.07) is 8.03. The van der Waals surface area contributed by atoms with Crippen LogP contribution in [0.15, 0.2) is 30.3 Å². The van der Waals surface area contributed by atoms with Gasteiger partial charge in [0.05, 0.1) is 0 Å². The maximum atomic E-state index is 10.9. The summed E-state index contributed by atoms with van der Waals surface area (Å²) in [5, 5.41) is 0. The first-order valence-electron chi connectivity index (χ1n) is 5.00. The van der Waals surface area contributed by atoms with Crippen LogP contribution in [-0.4, -0.2) is 6.29 Å². The zero-order valence-electron chi connectivity index (χ0n) is 8.79. The molecule has 0 aliphatic rings. The van der Waals surface area contributed by atoms with Gasteiger partial charge in [0.15, 0.2) is 0 Å². The summed E-state index contributed by atoms with van der Waals surface area (Å²) < 4.78 is 0. The first kappa shape index (κ1) is 10.7. The molecule has 0 saturated carbocycles. The van der Waals surface area contributed by atoms with E-state index < -0.39 is 0 Å². The van der Waals surface area contributed by atoms with Crippen LogP contribution >= 0.6 is 0 Å². The molecule has 1 aromatic rings. The number of unbranched alkanes of at least 4 members (excludes halogenated alkanes) is 1. The summed E-state index contributed by atoms with van der Waals surface area (Å²) in [6.45, 7) is 4.14. The van der Waals surface area contributed by atoms with E-state index in [-0.39, 0.29) is 0 Å². The smallest absolute Gasteiger partial charge is 0.150 e. The number of aryl methyl sites for hydroxylation is 1. The number of carbonyl (C=O) groups is 1. The fourth-order valence-corrected chi connectivity index (χ4v) is 1.36. The number of allylic oxidation sites excluding steroid dienone is 2. The molecule has 0 amide bonds. The van der Waals surface area contributed by atoms with Crippen molar-refractivity contribution < 1.29 is 4.79 Å². The van der Waals surface area contributed by atoms with Crippen molar-refractivity contribution in [2.24, 2.45) is 0 Å². The van der Waals surface area contributed by atoms with E-state index in [2.05, 4.69) is 6.92 Å². The molecule has 0 aliphatic heterocycles. The van der Waals surface area contributed by atoms with Gasteiger partial charge in [0.1, 0.15) is 6.29 Å². The van der Waals surface area contributed by atoms with Crippen molar-refractivity contribution in [2.45, 2.75) is 26.7 Å². The Bertz CT molecular complexity index is 337. The third kappa shape index (κ3) is 2.84.